The van der Waals surface area contributed by atoms with Crippen LogP contribution in [0.2, 0.25) is 0 Å². The molecule has 6 heteroatoms. The molecule has 0 N–H and O–H groups in total. The second-order valence-electron chi connectivity index (χ2n) is 6.86. The Balaban J connectivity index is 1.86. The largest absolute Gasteiger partial charge is 0.447 e. The molecule has 1 aliphatic carbocycles. The summed E-state index contributed by atoms with van der Waals surface area (Å²) in [5, 5.41) is 9.47. The van der Waals surface area contributed by atoms with Gasteiger partial charge in [-0.25, -0.2) is 0 Å². The molecule has 0 bridgehead atoms. The van der Waals surface area contributed by atoms with Gasteiger partial charge in [0, 0.05) is 19.8 Å². The van der Waals surface area contributed by atoms with Crippen molar-refractivity contribution in [2.45, 2.75) is 63.1 Å². The fraction of sp³-hybridized carbons (Fsp3) is 0.600. The standard InChI is InChI=1S/C20H25NO5/c1-16(22)26-18(14-21)13-19(25-15-17-7-3-2-4-8-17)9-5-6-10-20(19)23-11-12-24-20/h2-4,7-8,18H,5-6,9-13,15H2,1H3/t18-,19-/m1/s1. The molecule has 140 valence electrons. The van der Waals surface area contributed by atoms with Gasteiger partial charge in [-0.2, -0.15) is 5.26 Å². The van der Waals surface area contributed by atoms with E-state index in [0.29, 0.717) is 32.7 Å². The highest BCUT2D eigenvalue weighted by molar-refractivity contribution is 5.66. The van der Waals surface area contributed by atoms with Crippen molar-refractivity contribution < 1.29 is 23.7 Å². The van der Waals surface area contributed by atoms with Crippen molar-refractivity contribution in [2.24, 2.45) is 0 Å². The second-order valence-corrected chi connectivity index (χ2v) is 6.86. The number of rotatable bonds is 6. The van der Waals surface area contributed by atoms with Crippen LogP contribution in [-0.2, 0) is 30.3 Å². The van der Waals surface area contributed by atoms with Gasteiger partial charge >= 0.3 is 5.97 Å². The summed E-state index contributed by atoms with van der Waals surface area (Å²) in [6.07, 6.45) is 2.66. The summed E-state index contributed by atoms with van der Waals surface area (Å²) in [4.78, 5) is 11.4. The highest BCUT2D eigenvalue weighted by atomic mass is 16.8. The molecule has 0 radical (unpaired) electrons. The first-order valence-electron chi connectivity index (χ1n) is 9.12. The zero-order valence-corrected chi connectivity index (χ0v) is 15.1. The number of carbonyl (C=O) groups excluding carboxylic acids is 1. The molecule has 2 atom stereocenters. The third kappa shape index (κ3) is 3.90. The van der Waals surface area contributed by atoms with Gasteiger partial charge < -0.3 is 18.9 Å². The maximum atomic E-state index is 11.4. The highest BCUT2D eigenvalue weighted by Crippen LogP contribution is 2.48. The van der Waals surface area contributed by atoms with Crippen molar-refractivity contribution in [3.05, 3.63) is 35.9 Å². The van der Waals surface area contributed by atoms with E-state index in [1.54, 1.807) is 0 Å². The minimum atomic E-state index is -0.897. The van der Waals surface area contributed by atoms with Crippen molar-refractivity contribution >= 4 is 5.97 Å². The summed E-state index contributed by atoms with van der Waals surface area (Å²) < 4.78 is 23.7. The molecule has 1 aliphatic heterocycles. The molecule has 1 spiro atoms. The number of esters is 1. The van der Waals surface area contributed by atoms with Crippen LogP contribution in [0.5, 0.6) is 0 Å². The van der Waals surface area contributed by atoms with Crippen molar-refractivity contribution in [2.75, 3.05) is 13.2 Å². The van der Waals surface area contributed by atoms with E-state index in [1.807, 2.05) is 30.3 Å². The number of benzene rings is 1. The lowest BCUT2D eigenvalue weighted by Gasteiger charge is -2.49. The minimum Gasteiger partial charge on any atom is -0.447 e. The van der Waals surface area contributed by atoms with E-state index in [2.05, 4.69) is 6.07 Å². The van der Waals surface area contributed by atoms with Crippen LogP contribution in [0.15, 0.2) is 30.3 Å². The van der Waals surface area contributed by atoms with Crippen LogP contribution in [0, 0.1) is 11.3 Å². The zero-order valence-electron chi connectivity index (χ0n) is 15.1. The molecule has 1 saturated carbocycles. The van der Waals surface area contributed by atoms with E-state index in [0.717, 1.165) is 18.4 Å². The van der Waals surface area contributed by atoms with Gasteiger partial charge in [0.1, 0.15) is 11.7 Å². The summed E-state index contributed by atoms with van der Waals surface area (Å²) in [6, 6.07) is 11.9. The Hall–Kier alpha value is -1.94. The molecule has 2 fully saturated rings. The van der Waals surface area contributed by atoms with Crippen LogP contribution in [0.3, 0.4) is 0 Å². The Morgan fingerprint density at radius 3 is 2.58 bits per heavy atom. The van der Waals surface area contributed by atoms with E-state index < -0.39 is 23.5 Å². The number of carbonyl (C=O) groups is 1. The van der Waals surface area contributed by atoms with Crippen LogP contribution < -0.4 is 0 Å². The Morgan fingerprint density at radius 2 is 1.92 bits per heavy atom. The molecule has 26 heavy (non-hydrogen) atoms. The van der Waals surface area contributed by atoms with E-state index >= 15 is 0 Å². The Bertz CT molecular complexity index is 650. The summed E-state index contributed by atoms with van der Waals surface area (Å²) >= 11 is 0. The van der Waals surface area contributed by atoms with E-state index in [9.17, 15) is 10.1 Å². The lowest BCUT2D eigenvalue weighted by Crippen LogP contribution is -2.60. The summed E-state index contributed by atoms with van der Waals surface area (Å²) in [5.74, 6) is -1.36. The van der Waals surface area contributed by atoms with Gasteiger partial charge in [0.05, 0.1) is 19.8 Å². The van der Waals surface area contributed by atoms with Gasteiger partial charge in [-0.3, -0.25) is 4.79 Å². The van der Waals surface area contributed by atoms with Crippen LogP contribution in [0.1, 0.15) is 44.6 Å². The van der Waals surface area contributed by atoms with Crippen molar-refractivity contribution in [3.8, 4) is 6.07 Å². The van der Waals surface area contributed by atoms with Gasteiger partial charge in [-0.15, -0.1) is 0 Å². The van der Waals surface area contributed by atoms with E-state index in [4.69, 9.17) is 18.9 Å². The van der Waals surface area contributed by atoms with Crippen LogP contribution in [0.25, 0.3) is 0 Å². The predicted octanol–water partition coefficient (Wildman–Crippen LogP) is 3.10. The molecule has 0 aromatic heterocycles. The van der Waals surface area contributed by atoms with Gasteiger partial charge in [-0.05, 0) is 18.4 Å². The van der Waals surface area contributed by atoms with Crippen molar-refractivity contribution in [1.82, 2.24) is 0 Å². The monoisotopic (exact) mass is 359 g/mol. The van der Waals surface area contributed by atoms with Gasteiger partial charge in [0.25, 0.3) is 0 Å². The molecule has 1 saturated heterocycles. The number of hydrogen-bond donors (Lipinski definition) is 0. The fourth-order valence-corrected chi connectivity index (χ4v) is 3.96. The smallest absolute Gasteiger partial charge is 0.303 e. The van der Waals surface area contributed by atoms with E-state index in [1.165, 1.54) is 6.92 Å². The third-order valence-electron chi connectivity index (χ3n) is 5.11. The molecule has 1 aromatic rings. The number of nitriles is 1. The molecular weight excluding hydrogens is 334 g/mol. The molecule has 3 rings (SSSR count). The molecule has 1 aromatic carbocycles. The van der Waals surface area contributed by atoms with Crippen molar-refractivity contribution in [1.29, 1.82) is 5.26 Å². The maximum absolute atomic E-state index is 11.4. The molecular formula is C20H25NO5. The summed E-state index contributed by atoms with van der Waals surface area (Å²) in [7, 11) is 0. The average molecular weight is 359 g/mol. The first-order chi connectivity index (χ1) is 12.6. The van der Waals surface area contributed by atoms with Gasteiger partial charge in [-0.1, -0.05) is 36.8 Å². The summed E-state index contributed by atoms with van der Waals surface area (Å²) in [5.41, 5.74) is 0.208. The third-order valence-corrected chi connectivity index (χ3v) is 5.11. The molecule has 6 nitrogen and oxygen atoms in total. The van der Waals surface area contributed by atoms with Crippen LogP contribution in [-0.4, -0.2) is 36.7 Å². The summed E-state index contributed by atoms with van der Waals surface area (Å²) in [6.45, 7) is 2.69. The lowest BCUT2D eigenvalue weighted by molar-refractivity contribution is -0.310. The SMILES string of the molecule is CC(=O)O[C@@H](C#N)C[C@]1(OCc2ccccc2)CCCCC12OCCO2. The minimum absolute atomic E-state index is 0.232. The average Bonchev–Trinajstić information content (AvgIpc) is 3.12. The molecule has 2 aliphatic rings. The maximum Gasteiger partial charge on any atom is 0.303 e. The van der Waals surface area contributed by atoms with Crippen molar-refractivity contribution in [3.63, 3.8) is 0 Å². The van der Waals surface area contributed by atoms with Crippen LogP contribution in [0.4, 0.5) is 0 Å². The first-order valence-corrected chi connectivity index (χ1v) is 9.12. The Labute approximate surface area is 154 Å². The fourth-order valence-electron chi connectivity index (χ4n) is 3.96. The normalized spacial score (nSPS) is 25.5. The molecule has 1 heterocycles. The van der Waals surface area contributed by atoms with E-state index in [-0.39, 0.29) is 6.42 Å². The Kier molecular flexibility index (Phi) is 5.92. The number of ether oxygens (including phenoxy) is 4. The number of nitrogens with zero attached hydrogens (tertiary/aromatic N) is 1. The Morgan fingerprint density at radius 1 is 1.23 bits per heavy atom. The molecule has 0 amide bonds. The first kappa shape index (κ1) is 18.8. The second kappa shape index (κ2) is 8.17. The quantitative estimate of drug-likeness (QED) is 0.726. The lowest BCUT2D eigenvalue weighted by atomic mass is 9.75. The highest BCUT2D eigenvalue weighted by Gasteiger charge is 2.59. The predicted molar refractivity (Wildman–Crippen MR) is 92.8 cm³/mol. The number of hydrogen-bond acceptors (Lipinski definition) is 6. The van der Waals surface area contributed by atoms with Crippen LogP contribution >= 0.6 is 0 Å². The molecule has 0 unspecified atom stereocenters. The van der Waals surface area contributed by atoms with Gasteiger partial charge in [0.2, 0.25) is 0 Å². The van der Waals surface area contributed by atoms with Gasteiger partial charge in [0.15, 0.2) is 11.9 Å². The topological polar surface area (TPSA) is 77.8 Å². The zero-order chi connectivity index (χ0) is 18.5.